The third-order valence-electron chi connectivity index (χ3n) is 3.88. The van der Waals surface area contributed by atoms with Crippen molar-refractivity contribution in [3.8, 4) is 0 Å². The van der Waals surface area contributed by atoms with Gasteiger partial charge in [0.05, 0.1) is 0 Å². The summed E-state index contributed by atoms with van der Waals surface area (Å²) < 4.78 is 0. The van der Waals surface area contributed by atoms with Crippen molar-refractivity contribution in [2.24, 2.45) is 11.7 Å². The zero-order valence-corrected chi connectivity index (χ0v) is 10.6. The fourth-order valence-electron chi connectivity index (χ4n) is 2.82. The Morgan fingerprint density at radius 3 is 2.47 bits per heavy atom. The van der Waals surface area contributed by atoms with Crippen molar-refractivity contribution in [1.29, 1.82) is 0 Å². The topological polar surface area (TPSA) is 38.0 Å². The highest BCUT2D eigenvalue weighted by Gasteiger charge is 2.21. The Morgan fingerprint density at radius 1 is 1.12 bits per heavy atom. The molecule has 0 aliphatic heterocycles. The molecule has 2 nitrogen and oxygen atoms in total. The van der Waals surface area contributed by atoms with E-state index in [0.29, 0.717) is 6.04 Å². The first-order valence-corrected chi connectivity index (χ1v) is 6.87. The summed E-state index contributed by atoms with van der Waals surface area (Å²) in [5, 5.41) is 3.63. The van der Waals surface area contributed by atoms with Gasteiger partial charge in [-0.25, -0.2) is 0 Å². The molecule has 1 aromatic rings. The van der Waals surface area contributed by atoms with Crippen molar-refractivity contribution in [2.75, 3.05) is 6.54 Å². The average Bonchev–Trinajstić information content (AvgIpc) is 2.42. The fraction of sp³-hybridized carbons (Fsp3) is 0.600. The van der Waals surface area contributed by atoms with Gasteiger partial charge in [0.25, 0.3) is 0 Å². The molecule has 0 bridgehead atoms. The number of hydrogen-bond donors (Lipinski definition) is 2. The molecule has 2 rings (SSSR count). The molecular formula is C15H24N2. The highest BCUT2D eigenvalue weighted by molar-refractivity contribution is 5.14. The molecule has 1 atom stereocenters. The molecule has 2 heteroatoms. The van der Waals surface area contributed by atoms with Crippen molar-refractivity contribution >= 4 is 0 Å². The van der Waals surface area contributed by atoms with Crippen LogP contribution in [0, 0.1) is 5.92 Å². The quantitative estimate of drug-likeness (QED) is 0.819. The summed E-state index contributed by atoms with van der Waals surface area (Å²) in [5.74, 6) is 0.789. The fourth-order valence-corrected chi connectivity index (χ4v) is 2.82. The van der Waals surface area contributed by atoms with Crippen LogP contribution >= 0.6 is 0 Å². The Kier molecular flexibility index (Phi) is 5.02. The second kappa shape index (κ2) is 6.77. The predicted octanol–water partition coefficient (Wildman–Crippen LogP) is 2.68. The Balaban J connectivity index is 1.82. The number of hydrogen-bond acceptors (Lipinski definition) is 2. The highest BCUT2D eigenvalue weighted by Crippen LogP contribution is 2.26. The van der Waals surface area contributed by atoms with Crippen LogP contribution < -0.4 is 11.1 Å². The van der Waals surface area contributed by atoms with Gasteiger partial charge in [-0.15, -0.1) is 0 Å². The van der Waals surface area contributed by atoms with E-state index in [9.17, 15) is 0 Å². The lowest BCUT2D eigenvalue weighted by Crippen LogP contribution is -2.42. The lowest BCUT2D eigenvalue weighted by molar-refractivity contribution is 0.271. The standard InChI is InChI=1S/C15H24N2/c16-11-15(14-9-5-2-6-10-14)17-12-13-7-3-1-4-8-13/h1,3-4,7-8,14-15,17H,2,5-6,9-12,16H2. The Hall–Kier alpha value is -0.860. The van der Waals surface area contributed by atoms with Crippen molar-refractivity contribution in [3.05, 3.63) is 35.9 Å². The van der Waals surface area contributed by atoms with Crippen molar-refractivity contribution in [1.82, 2.24) is 5.32 Å². The molecule has 3 N–H and O–H groups in total. The summed E-state index contributed by atoms with van der Waals surface area (Å²) in [4.78, 5) is 0. The van der Waals surface area contributed by atoms with E-state index in [-0.39, 0.29) is 0 Å². The lowest BCUT2D eigenvalue weighted by Gasteiger charge is -2.30. The largest absolute Gasteiger partial charge is 0.329 e. The number of nitrogens with two attached hydrogens (primary N) is 1. The van der Waals surface area contributed by atoms with Crippen LogP contribution in [0.4, 0.5) is 0 Å². The van der Waals surface area contributed by atoms with Crippen LogP contribution in [0.15, 0.2) is 30.3 Å². The lowest BCUT2D eigenvalue weighted by atomic mass is 9.84. The minimum absolute atomic E-state index is 0.496. The first kappa shape index (κ1) is 12.6. The van der Waals surface area contributed by atoms with E-state index in [1.165, 1.54) is 37.7 Å². The van der Waals surface area contributed by atoms with Crippen LogP contribution in [0.1, 0.15) is 37.7 Å². The minimum atomic E-state index is 0.496. The molecule has 1 unspecified atom stereocenters. The van der Waals surface area contributed by atoms with Gasteiger partial charge in [-0.05, 0) is 24.3 Å². The molecule has 0 aromatic heterocycles. The zero-order valence-electron chi connectivity index (χ0n) is 10.6. The van der Waals surface area contributed by atoms with Gasteiger partial charge in [0.15, 0.2) is 0 Å². The van der Waals surface area contributed by atoms with Gasteiger partial charge in [-0.3, -0.25) is 0 Å². The van der Waals surface area contributed by atoms with Crippen LogP contribution in [-0.2, 0) is 6.54 Å². The van der Waals surface area contributed by atoms with Crippen LogP contribution in [0.5, 0.6) is 0 Å². The third kappa shape index (κ3) is 3.83. The van der Waals surface area contributed by atoms with E-state index in [2.05, 4.69) is 35.6 Å². The molecule has 94 valence electrons. The molecule has 1 aliphatic rings. The molecule has 1 fully saturated rings. The normalized spacial score (nSPS) is 19.1. The molecule has 0 saturated heterocycles. The SMILES string of the molecule is NCC(NCc1ccccc1)C1CCCCC1. The number of benzene rings is 1. The van der Waals surface area contributed by atoms with E-state index in [1.807, 2.05) is 0 Å². The Morgan fingerprint density at radius 2 is 1.82 bits per heavy atom. The molecule has 1 saturated carbocycles. The van der Waals surface area contributed by atoms with E-state index >= 15 is 0 Å². The summed E-state index contributed by atoms with van der Waals surface area (Å²) in [6.45, 7) is 1.71. The van der Waals surface area contributed by atoms with Crippen molar-refractivity contribution < 1.29 is 0 Å². The number of nitrogens with one attached hydrogen (secondary N) is 1. The molecule has 1 aromatic carbocycles. The average molecular weight is 232 g/mol. The highest BCUT2D eigenvalue weighted by atomic mass is 14.9. The first-order valence-electron chi connectivity index (χ1n) is 6.87. The van der Waals surface area contributed by atoms with E-state index in [1.54, 1.807) is 0 Å². The number of rotatable bonds is 5. The van der Waals surface area contributed by atoms with Crippen LogP contribution in [0.25, 0.3) is 0 Å². The van der Waals surface area contributed by atoms with Crippen LogP contribution in [-0.4, -0.2) is 12.6 Å². The molecule has 17 heavy (non-hydrogen) atoms. The van der Waals surface area contributed by atoms with Crippen molar-refractivity contribution in [2.45, 2.75) is 44.7 Å². The first-order chi connectivity index (χ1) is 8.40. The summed E-state index contributed by atoms with van der Waals surface area (Å²) in [6, 6.07) is 11.1. The summed E-state index contributed by atoms with van der Waals surface area (Å²) in [6.07, 6.45) is 6.88. The maximum absolute atomic E-state index is 5.91. The van der Waals surface area contributed by atoms with Crippen molar-refractivity contribution in [3.63, 3.8) is 0 Å². The Labute approximate surface area is 105 Å². The molecule has 0 radical (unpaired) electrons. The summed E-state index contributed by atoms with van der Waals surface area (Å²) in [7, 11) is 0. The van der Waals surface area contributed by atoms with E-state index in [0.717, 1.165) is 19.0 Å². The van der Waals surface area contributed by atoms with Gasteiger partial charge < -0.3 is 11.1 Å². The van der Waals surface area contributed by atoms with E-state index < -0.39 is 0 Å². The maximum atomic E-state index is 5.91. The molecule has 0 amide bonds. The van der Waals surface area contributed by atoms with Crippen LogP contribution in [0.2, 0.25) is 0 Å². The minimum Gasteiger partial charge on any atom is -0.329 e. The molecule has 1 aliphatic carbocycles. The third-order valence-corrected chi connectivity index (χ3v) is 3.88. The summed E-state index contributed by atoms with van der Waals surface area (Å²) >= 11 is 0. The van der Waals surface area contributed by atoms with Gasteiger partial charge in [0.1, 0.15) is 0 Å². The van der Waals surface area contributed by atoms with Gasteiger partial charge in [0.2, 0.25) is 0 Å². The molecular weight excluding hydrogens is 208 g/mol. The molecule has 0 heterocycles. The van der Waals surface area contributed by atoms with Gasteiger partial charge in [0, 0.05) is 19.1 Å². The maximum Gasteiger partial charge on any atom is 0.0221 e. The second-order valence-electron chi connectivity index (χ2n) is 5.11. The van der Waals surface area contributed by atoms with Gasteiger partial charge in [-0.2, -0.15) is 0 Å². The van der Waals surface area contributed by atoms with Crippen LogP contribution in [0.3, 0.4) is 0 Å². The second-order valence-corrected chi connectivity index (χ2v) is 5.11. The predicted molar refractivity (Wildman–Crippen MR) is 72.7 cm³/mol. The van der Waals surface area contributed by atoms with Gasteiger partial charge in [-0.1, -0.05) is 49.6 Å². The zero-order chi connectivity index (χ0) is 11.9. The summed E-state index contributed by atoms with van der Waals surface area (Å²) in [5.41, 5.74) is 7.25. The Bertz CT molecular complexity index is 304. The van der Waals surface area contributed by atoms with Gasteiger partial charge >= 0.3 is 0 Å². The monoisotopic (exact) mass is 232 g/mol. The smallest absolute Gasteiger partial charge is 0.0221 e. The molecule has 0 spiro atoms. The van der Waals surface area contributed by atoms with E-state index in [4.69, 9.17) is 5.73 Å².